The van der Waals surface area contributed by atoms with Crippen LogP contribution in [0.5, 0.6) is 5.75 Å². The van der Waals surface area contributed by atoms with Gasteiger partial charge in [0.05, 0.1) is 13.2 Å². The number of carbonyl (C=O) groups is 2. The van der Waals surface area contributed by atoms with E-state index in [-0.39, 0.29) is 24.0 Å². The number of anilines is 1. The standard InChI is InChI=1S/C21H30N2O5S/c1-7-23(8-2)16-12-11-15(18(14-16)28-21(29)22(5)6)13-17(19(24)26-9-3)20(25)27-10-4/h11-14H,7-10H2,1-6H3. The van der Waals surface area contributed by atoms with Gasteiger partial charge in [-0.3, -0.25) is 0 Å². The van der Waals surface area contributed by atoms with Crippen LogP contribution in [-0.2, 0) is 19.1 Å². The summed E-state index contributed by atoms with van der Waals surface area (Å²) in [4.78, 5) is 28.4. The van der Waals surface area contributed by atoms with Gasteiger partial charge in [-0.05, 0) is 58.1 Å². The van der Waals surface area contributed by atoms with Crippen molar-refractivity contribution in [1.82, 2.24) is 4.90 Å². The second kappa shape index (κ2) is 12.1. The Balaban J connectivity index is 3.50. The van der Waals surface area contributed by atoms with E-state index in [9.17, 15) is 9.59 Å². The highest BCUT2D eigenvalue weighted by Crippen LogP contribution is 2.29. The largest absolute Gasteiger partial charge is 0.462 e. The molecule has 8 heteroatoms. The zero-order valence-corrected chi connectivity index (χ0v) is 18.8. The van der Waals surface area contributed by atoms with Crippen molar-refractivity contribution in [3.05, 3.63) is 29.3 Å². The first-order chi connectivity index (χ1) is 13.8. The summed E-state index contributed by atoms with van der Waals surface area (Å²) in [7, 11) is 3.55. The highest BCUT2D eigenvalue weighted by atomic mass is 32.1. The van der Waals surface area contributed by atoms with Crippen LogP contribution in [0.3, 0.4) is 0 Å². The molecular formula is C21H30N2O5S. The predicted molar refractivity (Wildman–Crippen MR) is 118 cm³/mol. The van der Waals surface area contributed by atoms with Crippen LogP contribution in [0.4, 0.5) is 5.69 Å². The van der Waals surface area contributed by atoms with Gasteiger partial charge in [-0.2, -0.15) is 0 Å². The topological polar surface area (TPSA) is 68.3 Å². The molecule has 0 N–H and O–H groups in total. The molecule has 0 atom stereocenters. The van der Waals surface area contributed by atoms with Gasteiger partial charge in [0.15, 0.2) is 0 Å². The van der Waals surface area contributed by atoms with Crippen LogP contribution in [0.15, 0.2) is 23.8 Å². The van der Waals surface area contributed by atoms with E-state index in [1.54, 1.807) is 38.9 Å². The minimum Gasteiger partial charge on any atom is -0.462 e. The van der Waals surface area contributed by atoms with Crippen molar-refractivity contribution in [2.45, 2.75) is 27.7 Å². The number of hydrogen-bond acceptors (Lipinski definition) is 7. The lowest BCUT2D eigenvalue weighted by molar-refractivity contribution is -0.146. The summed E-state index contributed by atoms with van der Waals surface area (Å²) in [6.45, 7) is 9.38. The molecule has 0 radical (unpaired) electrons. The van der Waals surface area contributed by atoms with Crippen LogP contribution in [0.2, 0.25) is 0 Å². The van der Waals surface area contributed by atoms with Crippen molar-refractivity contribution in [3.8, 4) is 5.75 Å². The third-order valence-corrected chi connectivity index (χ3v) is 4.43. The minimum absolute atomic E-state index is 0.143. The van der Waals surface area contributed by atoms with E-state index in [1.165, 1.54) is 6.08 Å². The highest BCUT2D eigenvalue weighted by Gasteiger charge is 2.22. The summed E-state index contributed by atoms with van der Waals surface area (Å²) < 4.78 is 15.9. The van der Waals surface area contributed by atoms with Gasteiger partial charge in [-0.15, -0.1) is 0 Å². The molecule has 0 saturated carbocycles. The molecule has 0 heterocycles. The molecule has 1 rings (SSSR count). The van der Waals surface area contributed by atoms with E-state index < -0.39 is 11.9 Å². The van der Waals surface area contributed by atoms with E-state index in [0.29, 0.717) is 11.3 Å². The third kappa shape index (κ3) is 7.05. The zero-order chi connectivity index (χ0) is 22.0. The molecule has 0 unspecified atom stereocenters. The molecule has 0 fully saturated rings. The van der Waals surface area contributed by atoms with Crippen LogP contribution < -0.4 is 9.64 Å². The molecular weight excluding hydrogens is 392 g/mol. The quantitative estimate of drug-likeness (QED) is 0.197. The number of thiocarbonyl (C=S) groups is 1. The van der Waals surface area contributed by atoms with Crippen molar-refractivity contribution < 1.29 is 23.8 Å². The Morgan fingerprint density at radius 1 is 1.00 bits per heavy atom. The van der Waals surface area contributed by atoms with Crippen LogP contribution >= 0.6 is 12.2 Å². The first-order valence-electron chi connectivity index (χ1n) is 9.62. The summed E-state index contributed by atoms with van der Waals surface area (Å²) in [5.74, 6) is -1.07. The van der Waals surface area contributed by atoms with Crippen molar-refractivity contribution >= 4 is 41.1 Å². The fourth-order valence-corrected chi connectivity index (χ4v) is 2.57. The Morgan fingerprint density at radius 3 is 2.00 bits per heavy atom. The van der Waals surface area contributed by atoms with Gasteiger partial charge in [0.25, 0.3) is 5.17 Å². The van der Waals surface area contributed by atoms with Crippen LogP contribution in [0, 0.1) is 0 Å². The zero-order valence-electron chi connectivity index (χ0n) is 18.0. The van der Waals surface area contributed by atoms with Crippen LogP contribution in [0.25, 0.3) is 6.08 Å². The van der Waals surface area contributed by atoms with E-state index in [1.807, 2.05) is 12.1 Å². The Hall–Kier alpha value is -2.61. The van der Waals surface area contributed by atoms with E-state index in [2.05, 4.69) is 18.7 Å². The van der Waals surface area contributed by atoms with Gasteiger partial charge in [-0.1, -0.05) is 0 Å². The Kier molecular flexibility index (Phi) is 10.2. The molecule has 1 aromatic carbocycles. The van der Waals surface area contributed by atoms with E-state index >= 15 is 0 Å². The van der Waals surface area contributed by atoms with Crippen molar-refractivity contribution in [1.29, 1.82) is 0 Å². The van der Waals surface area contributed by atoms with Crippen molar-refractivity contribution in [2.75, 3.05) is 45.3 Å². The molecule has 1 aromatic rings. The molecule has 0 aromatic heterocycles. The SMILES string of the molecule is CCOC(=O)C(=Cc1ccc(N(CC)CC)cc1OC(=S)N(C)C)C(=O)OCC. The summed E-state index contributed by atoms with van der Waals surface area (Å²) in [5, 5.41) is 0.255. The summed E-state index contributed by atoms with van der Waals surface area (Å²) in [6.07, 6.45) is 1.41. The smallest absolute Gasteiger partial charge is 0.345 e. The first-order valence-corrected chi connectivity index (χ1v) is 10.0. The molecule has 0 aliphatic heterocycles. The summed E-state index contributed by atoms with van der Waals surface area (Å²) in [5.41, 5.74) is 1.25. The van der Waals surface area contributed by atoms with Gasteiger partial charge in [0.2, 0.25) is 0 Å². The van der Waals surface area contributed by atoms with E-state index in [0.717, 1.165) is 18.8 Å². The van der Waals surface area contributed by atoms with Gasteiger partial charge >= 0.3 is 11.9 Å². The lowest BCUT2D eigenvalue weighted by Gasteiger charge is -2.23. The molecule has 160 valence electrons. The number of hydrogen-bond donors (Lipinski definition) is 0. The number of ether oxygens (including phenoxy) is 3. The maximum absolute atomic E-state index is 12.3. The van der Waals surface area contributed by atoms with Crippen LogP contribution in [-0.4, -0.2) is 62.4 Å². The van der Waals surface area contributed by atoms with Gasteiger partial charge < -0.3 is 24.0 Å². The lowest BCUT2D eigenvalue weighted by Crippen LogP contribution is -2.26. The second-order valence-corrected chi connectivity index (χ2v) is 6.51. The average molecular weight is 423 g/mol. The maximum atomic E-state index is 12.3. The minimum atomic E-state index is -0.750. The average Bonchev–Trinajstić information content (AvgIpc) is 2.68. The van der Waals surface area contributed by atoms with E-state index in [4.69, 9.17) is 26.4 Å². The maximum Gasteiger partial charge on any atom is 0.345 e. The molecule has 0 bridgehead atoms. The normalized spacial score (nSPS) is 10.0. The Morgan fingerprint density at radius 2 is 1.55 bits per heavy atom. The molecule has 0 spiro atoms. The third-order valence-electron chi connectivity index (χ3n) is 3.98. The van der Waals surface area contributed by atoms with Gasteiger partial charge in [0, 0.05) is 44.5 Å². The molecule has 7 nitrogen and oxygen atoms in total. The Labute approximate surface area is 178 Å². The van der Waals surface area contributed by atoms with Crippen LogP contribution in [0.1, 0.15) is 33.3 Å². The number of benzene rings is 1. The fraction of sp³-hybridized carbons (Fsp3) is 0.476. The van der Waals surface area contributed by atoms with Gasteiger partial charge in [0.1, 0.15) is 11.3 Å². The number of carbonyl (C=O) groups excluding carboxylic acids is 2. The molecule has 29 heavy (non-hydrogen) atoms. The summed E-state index contributed by atoms with van der Waals surface area (Å²) in [6, 6.07) is 5.51. The van der Waals surface area contributed by atoms with Gasteiger partial charge in [-0.25, -0.2) is 9.59 Å². The summed E-state index contributed by atoms with van der Waals surface area (Å²) >= 11 is 5.27. The highest BCUT2D eigenvalue weighted by molar-refractivity contribution is 7.80. The number of rotatable bonds is 9. The first kappa shape index (κ1) is 24.4. The monoisotopic (exact) mass is 422 g/mol. The molecule has 0 aliphatic carbocycles. The molecule has 0 aliphatic rings. The molecule has 0 amide bonds. The predicted octanol–water partition coefficient (Wildman–Crippen LogP) is 3.27. The number of nitrogens with zero attached hydrogens (tertiary/aromatic N) is 2. The van der Waals surface area contributed by atoms with Crippen molar-refractivity contribution in [2.24, 2.45) is 0 Å². The van der Waals surface area contributed by atoms with Crippen molar-refractivity contribution in [3.63, 3.8) is 0 Å². The second-order valence-electron chi connectivity index (χ2n) is 6.16. The number of esters is 2. The Bertz CT molecular complexity index is 737. The molecule has 0 saturated heterocycles. The fourth-order valence-electron chi connectivity index (χ4n) is 2.48. The lowest BCUT2D eigenvalue weighted by atomic mass is 10.1.